The topological polar surface area (TPSA) is 97.1 Å². The van der Waals surface area contributed by atoms with Crippen LogP contribution < -0.4 is 5.32 Å². The molecular formula is C10H10N4O3S. The second-order valence-corrected chi connectivity index (χ2v) is 4.48. The first kappa shape index (κ1) is 12.2. The molecule has 0 aliphatic rings. The van der Waals surface area contributed by atoms with Gasteiger partial charge in [-0.05, 0) is 0 Å². The zero-order valence-corrected chi connectivity index (χ0v) is 10.3. The molecule has 0 aromatic carbocycles. The Balaban J connectivity index is 1.95. The van der Waals surface area contributed by atoms with Gasteiger partial charge in [0.2, 0.25) is 0 Å². The molecule has 0 saturated heterocycles. The predicted molar refractivity (Wildman–Crippen MR) is 63.5 cm³/mol. The van der Waals surface area contributed by atoms with Gasteiger partial charge in [0.15, 0.2) is 5.69 Å². The summed E-state index contributed by atoms with van der Waals surface area (Å²) >= 11 is 1.19. The number of carboxylic acids is 1. The fourth-order valence-electron chi connectivity index (χ4n) is 1.27. The maximum atomic E-state index is 11.6. The van der Waals surface area contributed by atoms with Crippen molar-refractivity contribution >= 4 is 23.2 Å². The second kappa shape index (κ2) is 4.96. The lowest BCUT2D eigenvalue weighted by Crippen LogP contribution is -2.23. The third-order valence-corrected chi connectivity index (χ3v) is 2.96. The molecule has 1 amide bonds. The average molecular weight is 266 g/mol. The molecule has 0 aliphatic heterocycles. The zero-order chi connectivity index (χ0) is 13.1. The van der Waals surface area contributed by atoms with Crippen molar-refractivity contribution in [1.29, 1.82) is 0 Å². The summed E-state index contributed by atoms with van der Waals surface area (Å²) < 4.78 is 1.67. The lowest BCUT2D eigenvalue weighted by molar-refractivity contribution is 0.0691. The lowest BCUT2D eigenvalue weighted by atomic mass is 10.4. The van der Waals surface area contributed by atoms with Gasteiger partial charge in [0.1, 0.15) is 10.7 Å². The smallest absolute Gasteiger partial charge is 0.355 e. The number of aryl methyl sites for hydroxylation is 1. The molecule has 2 aromatic heterocycles. The molecule has 2 aromatic rings. The number of nitrogens with zero attached hydrogens (tertiary/aromatic N) is 3. The summed E-state index contributed by atoms with van der Waals surface area (Å²) in [5, 5.41) is 13.3. The van der Waals surface area contributed by atoms with E-state index >= 15 is 0 Å². The minimum Gasteiger partial charge on any atom is -0.476 e. The number of amides is 1. The maximum absolute atomic E-state index is 11.6. The van der Waals surface area contributed by atoms with Crippen molar-refractivity contribution in [3.8, 4) is 0 Å². The number of imidazole rings is 1. The first-order valence-corrected chi connectivity index (χ1v) is 5.88. The third-order valence-electron chi connectivity index (χ3n) is 2.11. The molecule has 2 N–H and O–H groups in total. The Morgan fingerprint density at radius 3 is 2.83 bits per heavy atom. The predicted octanol–water partition coefficient (Wildman–Crippen LogP) is 0.505. The minimum absolute atomic E-state index is 0.0120. The normalized spacial score (nSPS) is 10.3. The summed E-state index contributed by atoms with van der Waals surface area (Å²) in [4.78, 5) is 30.0. The molecular weight excluding hydrogens is 256 g/mol. The van der Waals surface area contributed by atoms with E-state index in [0.717, 1.165) is 0 Å². The Labute approximate surface area is 106 Å². The molecule has 0 radical (unpaired) electrons. The van der Waals surface area contributed by atoms with E-state index in [1.807, 2.05) is 0 Å². The number of nitrogens with one attached hydrogen (secondary N) is 1. The molecule has 0 bridgehead atoms. The van der Waals surface area contributed by atoms with Gasteiger partial charge in [-0.3, -0.25) is 4.79 Å². The summed E-state index contributed by atoms with van der Waals surface area (Å²) in [5.41, 5.74) is 0.301. The molecule has 8 heteroatoms. The Morgan fingerprint density at radius 2 is 2.28 bits per heavy atom. The summed E-state index contributed by atoms with van der Waals surface area (Å²) in [6.45, 7) is 0.188. The van der Waals surface area contributed by atoms with Crippen LogP contribution in [0.25, 0.3) is 0 Å². The van der Waals surface area contributed by atoms with Gasteiger partial charge in [-0.1, -0.05) is 0 Å². The summed E-state index contributed by atoms with van der Waals surface area (Å²) in [5.74, 6) is -1.39. The monoisotopic (exact) mass is 266 g/mol. The highest BCUT2D eigenvalue weighted by Gasteiger charge is 2.11. The number of thiazole rings is 1. The number of aromatic carboxylic acids is 1. The van der Waals surface area contributed by atoms with Crippen LogP contribution in [0.15, 0.2) is 17.9 Å². The molecule has 0 fully saturated rings. The number of hydrogen-bond acceptors (Lipinski definition) is 5. The second-order valence-electron chi connectivity index (χ2n) is 3.54. The molecule has 0 spiro atoms. The Morgan fingerprint density at radius 1 is 1.50 bits per heavy atom. The van der Waals surface area contributed by atoms with Crippen molar-refractivity contribution < 1.29 is 14.7 Å². The number of hydrogen-bond donors (Lipinski definition) is 2. The average Bonchev–Trinajstić information content (AvgIpc) is 2.94. The lowest BCUT2D eigenvalue weighted by Gasteiger charge is -1.99. The van der Waals surface area contributed by atoms with Gasteiger partial charge in [0, 0.05) is 18.6 Å². The number of carbonyl (C=O) groups is 2. The van der Waals surface area contributed by atoms with Crippen molar-refractivity contribution in [2.24, 2.45) is 7.05 Å². The first-order valence-electron chi connectivity index (χ1n) is 5.00. The van der Waals surface area contributed by atoms with E-state index in [-0.39, 0.29) is 18.1 Å². The fraction of sp³-hybridized carbons (Fsp3) is 0.200. The van der Waals surface area contributed by atoms with Crippen molar-refractivity contribution in [2.45, 2.75) is 6.54 Å². The van der Waals surface area contributed by atoms with Crippen LogP contribution in [0.5, 0.6) is 0 Å². The van der Waals surface area contributed by atoms with Crippen molar-refractivity contribution in [2.75, 3.05) is 0 Å². The van der Waals surface area contributed by atoms with Gasteiger partial charge >= 0.3 is 5.97 Å². The number of rotatable bonds is 4. The molecule has 2 heterocycles. The highest BCUT2D eigenvalue weighted by Crippen LogP contribution is 2.09. The van der Waals surface area contributed by atoms with Gasteiger partial charge in [0.25, 0.3) is 5.91 Å². The zero-order valence-electron chi connectivity index (χ0n) is 9.45. The van der Waals surface area contributed by atoms with E-state index in [1.165, 1.54) is 23.0 Å². The summed E-state index contributed by atoms with van der Waals surface area (Å²) in [7, 11) is 1.77. The molecule has 94 valence electrons. The van der Waals surface area contributed by atoms with Crippen molar-refractivity contribution in [3.05, 3.63) is 34.3 Å². The number of carboxylic acid groups (broad SMARTS) is 1. The molecule has 0 atom stereocenters. The van der Waals surface area contributed by atoms with E-state index in [1.54, 1.807) is 17.8 Å². The van der Waals surface area contributed by atoms with Crippen LogP contribution in [0.4, 0.5) is 0 Å². The summed E-state index contributed by atoms with van der Waals surface area (Å²) in [6, 6.07) is 0. The Hall–Kier alpha value is -2.22. The van der Waals surface area contributed by atoms with E-state index in [2.05, 4.69) is 15.3 Å². The SMILES string of the molecule is Cn1cnc(C(=O)NCc2nc(C(=O)O)cs2)c1. The van der Waals surface area contributed by atoms with Crippen LogP contribution in [0, 0.1) is 0 Å². The van der Waals surface area contributed by atoms with E-state index in [4.69, 9.17) is 5.11 Å². The molecule has 0 aliphatic carbocycles. The number of aromatic nitrogens is 3. The van der Waals surface area contributed by atoms with E-state index in [9.17, 15) is 9.59 Å². The minimum atomic E-state index is -1.08. The van der Waals surface area contributed by atoms with Crippen LogP contribution in [0.1, 0.15) is 26.0 Å². The summed E-state index contributed by atoms with van der Waals surface area (Å²) in [6.07, 6.45) is 3.13. The molecule has 0 saturated carbocycles. The van der Waals surface area contributed by atoms with Crippen LogP contribution >= 0.6 is 11.3 Å². The largest absolute Gasteiger partial charge is 0.476 e. The Bertz CT molecular complexity index is 589. The van der Waals surface area contributed by atoms with Gasteiger partial charge in [0.05, 0.1) is 12.9 Å². The first-order chi connectivity index (χ1) is 8.56. The van der Waals surface area contributed by atoms with Crippen LogP contribution in [0.2, 0.25) is 0 Å². The standard InChI is InChI=1S/C10H10N4O3S/c1-14-3-6(12-5-14)9(15)11-2-8-13-7(4-18-8)10(16)17/h3-5H,2H2,1H3,(H,11,15)(H,16,17). The van der Waals surface area contributed by atoms with Crippen molar-refractivity contribution in [1.82, 2.24) is 19.9 Å². The molecule has 18 heavy (non-hydrogen) atoms. The molecule has 7 nitrogen and oxygen atoms in total. The highest BCUT2D eigenvalue weighted by molar-refractivity contribution is 7.09. The quantitative estimate of drug-likeness (QED) is 0.840. The molecule has 0 unspecified atom stereocenters. The highest BCUT2D eigenvalue weighted by atomic mass is 32.1. The van der Waals surface area contributed by atoms with Crippen molar-refractivity contribution in [3.63, 3.8) is 0 Å². The van der Waals surface area contributed by atoms with Gasteiger partial charge < -0.3 is 15.0 Å². The van der Waals surface area contributed by atoms with Crippen LogP contribution in [0.3, 0.4) is 0 Å². The van der Waals surface area contributed by atoms with Crippen LogP contribution in [-0.2, 0) is 13.6 Å². The fourth-order valence-corrected chi connectivity index (χ4v) is 1.97. The van der Waals surface area contributed by atoms with Gasteiger partial charge in [-0.15, -0.1) is 11.3 Å². The molecule has 2 rings (SSSR count). The van der Waals surface area contributed by atoms with E-state index < -0.39 is 5.97 Å². The number of carbonyl (C=O) groups excluding carboxylic acids is 1. The maximum Gasteiger partial charge on any atom is 0.355 e. The van der Waals surface area contributed by atoms with Crippen LogP contribution in [-0.4, -0.2) is 31.5 Å². The Kier molecular flexibility index (Phi) is 3.38. The third kappa shape index (κ3) is 2.72. The van der Waals surface area contributed by atoms with E-state index in [0.29, 0.717) is 10.7 Å². The van der Waals surface area contributed by atoms with Gasteiger partial charge in [-0.2, -0.15) is 0 Å². The van der Waals surface area contributed by atoms with Gasteiger partial charge in [-0.25, -0.2) is 14.8 Å².